The molecule has 24 heavy (non-hydrogen) atoms. The molecular weight excluding hydrogens is 309 g/mol. The summed E-state index contributed by atoms with van der Waals surface area (Å²) < 4.78 is 19.9. The van der Waals surface area contributed by atoms with Gasteiger partial charge in [-0.05, 0) is 18.9 Å². The first-order valence-electron chi connectivity index (χ1n) is 8.13. The van der Waals surface area contributed by atoms with Crippen molar-refractivity contribution in [2.75, 3.05) is 19.7 Å². The van der Waals surface area contributed by atoms with Crippen LogP contribution in [0.25, 0.3) is 0 Å². The third-order valence-corrected chi connectivity index (χ3v) is 4.82. The van der Waals surface area contributed by atoms with Crippen molar-refractivity contribution >= 4 is 5.91 Å². The van der Waals surface area contributed by atoms with Gasteiger partial charge in [-0.15, -0.1) is 0 Å². The molecular formula is C18H18FN3O2. The maximum absolute atomic E-state index is 14.2. The van der Waals surface area contributed by atoms with E-state index in [0.717, 1.165) is 0 Å². The zero-order chi connectivity index (χ0) is 16.6. The Morgan fingerprint density at radius 2 is 2.12 bits per heavy atom. The molecule has 0 bridgehead atoms. The van der Waals surface area contributed by atoms with Gasteiger partial charge in [0.1, 0.15) is 11.9 Å². The summed E-state index contributed by atoms with van der Waals surface area (Å²) >= 11 is 0. The van der Waals surface area contributed by atoms with E-state index in [1.165, 1.54) is 6.07 Å². The number of ether oxygens (including phenoxy) is 1. The molecule has 1 aromatic heterocycles. The molecule has 1 atom stereocenters. The van der Waals surface area contributed by atoms with Crippen LogP contribution in [0, 0.1) is 5.82 Å². The van der Waals surface area contributed by atoms with Crippen LogP contribution in [0.4, 0.5) is 4.39 Å². The van der Waals surface area contributed by atoms with E-state index < -0.39 is 5.41 Å². The second kappa shape index (κ2) is 5.94. The highest BCUT2D eigenvalue weighted by Gasteiger charge is 2.54. The summed E-state index contributed by atoms with van der Waals surface area (Å²) in [6.07, 6.45) is 5.98. The van der Waals surface area contributed by atoms with Gasteiger partial charge in [-0.2, -0.15) is 0 Å². The number of rotatable bonds is 3. The molecule has 2 heterocycles. The topological polar surface area (TPSA) is 55.3 Å². The van der Waals surface area contributed by atoms with Crippen molar-refractivity contribution in [3.8, 4) is 0 Å². The maximum Gasteiger partial charge on any atom is 0.233 e. The number of hydrogen-bond donors (Lipinski definition) is 0. The van der Waals surface area contributed by atoms with Crippen molar-refractivity contribution in [1.82, 2.24) is 14.9 Å². The monoisotopic (exact) mass is 327 g/mol. The minimum Gasteiger partial charge on any atom is -0.368 e. The number of carbonyl (C=O) groups excluding carboxylic acids is 1. The summed E-state index contributed by atoms with van der Waals surface area (Å²) in [6.45, 7) is 1.39. The van der Waals surface area contributed by atoms with Gasteiger partial charge in [0.15, 0.2) is 0 Å². The maximum atomic E-state index is 14.2. The van der Waals surface area contributed by atoms with Crippen LogP contribution in [0.5, 0.6) is 0 Å². The first kappa shape index (κ1) is 15.2. The van der Waals surface area contributed by atoms with Crippen molar-refractivity contribution in [2.24, 2.45) is 0 Å². The fourth-order valence-electron chi connectivity index (χ4n) is 3.36. The predicted molar refractivity (Wildman–Crippen MR) is 84.6 cm³/mol. The number of morpholine rings is 1. The van der Waals surface area contributed by atoms with Crippen LogP contribution >= 0.6 is 0 Å². The fraction of sp³-hybridized carbons (Fsp3) is 0.389. The van der Waals surface area contributed by atoms with E-state index in [-0.39, 0.29) is 17.8 Å². The van der Waals surface area contributed by atoms with Gasteiger partial charge in [-0.25, -0.2) is 4.39 Å². The lowest BCUT2D eigenvalue weighted by Crippen LogP contribution is -2.47. The predicted octanol–water partition coefficient (Wildman–Crippen LogP) is 2.25. The Kier molecular flexibility index (Phi) is 3.76. The fourth-order valence-corrected chi connectivity index (χ4v) is 3.36. The molecule has 0 unspecified atom stereocenters. The van der Waals surface area contributed by atoms with Gasteiger partial charge in [-0.1, -0.05) is 18.2 Å². The molecule has 1 saturated heterocycles. The Morgan fingerprint density at radius 1 is 1.29 bits per heavy atom. The molecule has 5 nitrogen and oxygen atoms in total. The molecule has 0 radical (unpaired) electrons. The normalized spacial score (nSPS) is 22.2. The molecule has 1 amide bonds. The van der Waals surface area contributed by atoms with Gasteiger partial charge in [0.05, 0.1) is 30.5 Å². The highest BCUT2D eigenvalue weighted by Crippen LogP contribution is 2.50. The second-order valence-electron chi connectivity index (χ2n) is 6.30. The van der Waals surface area contributed by atoms with Crippen molar-refractivity contribution in [1.29, 1.82) is 0 Å². The lowest BCUT2D eigenvalue weighted by Gasteiger charge is -2.35. The molecule has 1 aliphatic heterocycles. The van der Waals surface area contributed by atoms with Gasteiger partial charge in [0.2, 0.25) is 5.91 Å². The van der Waals surface area contributed by atoms with E-state index in [2.05, 4.69) is 9.97 Å². The molecule has 0 N–H and O–H groups in total. The summed E-state index contributed by atoms with van der Waals surface area (Å²) in [4.78, 5) is 23.2. The van der Waals surface area contributed by atoms with Crippen LogP contribution in [-0.4, -0.2) is 40.5 Å². The highest BCUT2D eigenvalue weighted by atomic mass is 19.1. The SMILES string of the molecule is O=C(N1CCO[C@@H](c2cnccn2)C1)C1(c2ccccc2F)CC1. The largest absolute Gasteiger partial charge is 0.368 e. The average molecular weight is 327 g/mol. The minimum atomic E-state index is -0.699. The summed E-state index contributed by atoms with van der Waals surface area (Å²) in [6, 6.07) is 6.58. The first-order valence-corrected chi connectivity index (χ1v) is 8.13. The van der Waals surface area contributed by atoms with Crippen LogP contribution < -0.4 is 0 Å². The molecule has 0 spiro atoms. The quantitative estimate of drug-likeness (QED) is 0.868. The zero-order valence-corrected chi connectivity index (χ0v) is 13.2. The third-order valence-electron chi connectivity index (χ3n) is 4.82. The average Bonchev–Trinajstić information content (AvgIpc) is 3.44. The number of carbonyl (C=O) groups is 1. The van der Waals surface area contributed by atoms with E-state index in [4.69, 9.17) is 4.74 Å². The van der Waals surface area contributed by atoms with Gasteiger partial charge in [-0.3, -0.25) is 14.8 Å². The number of halogens is 1. The number of amides is 1. The minimum absolute atomic E-state index is 0.00945. The van der Waals surface area contributed by atoms with Crippen LogP contribution in [0.1, 0.15) is 30.2 Å². The van der Waals surface area contributed by atoms with Crippen LogP contribution in [0.3, 0.4) is 0 Å². The van der Waals surface area contributed by atoms with Gasteiger partial charge < -0.3 is 9.64 Å². The summed E-state index contributed by atoms with van der Waals surface area (Å²) in [5.74, 6) is -0.313. The van der Waals surface area contributed by atoms with E-state index in [1.54, 1.807) is 41.7 Å². The van der Waals surface area contributed by atoms with Gasteiger partial charge in [0, 0.05) is 24.5 Å². The first-order chi connectivity index (χ1) is 11.7. The zero-order valence-electron chi connectivity index (χ0n) is 13.2. The summed E-state index contributed by atoms with van der Waals surface area (Å²) in [5.41, 5.74) is 0.526. The second-order valence-corrected chi connectivity index (χ2v) is 6.30. The Hall–Kier alpha value is -2.34. The highest BCUT2D eigenvalue weighted by molar-refractivity contribution is 5.91. The summed E-state index contributed by atoms with van der Waals surface area (Å²) in [7, 11) is 0. The lowest BCUT2D eigenvalue weighted by molar-refractivity contribution is -0.142. The molecule has 124 valence electrons. The van der Waals surface area contributed by atoms with Crippen molar-refractivity contribution < 1.29 is 13.9 Å². The molecule has 2 aliphatic rings. The third kappa shape index (κ3) is 2.57. The van der Waals surface area contributed by atoms with E-state index in [1.807, 2.05) is 0 Å². The van der Waals surface area contributed by atoms with Crippen molar-refractivity contribution in [3.05, 3.63) is 59.9 Å². The lowest BCUT2D eigenvalue weighted by atomic mass is 9.93. The van der Waals surface area contributed by atoms with Crippen LogP contribution in [-0.2, 0) is 14.9 Å². The van der Waals surface area contributed by atoms with Crippen molar-refractivity contribution in [3.63, 3.8) is 0 Å². The van der Waals surface area contributed by atoms with Crippen molar-refractivity contribution in [2.45, 2.75) is 24.4 Å². The Bertz CT molecular complexity index is 749. The Balaban J connectivity index is 1.55. The van der Waals surface area contributed by atoms with E-state index >= 15 is 0 Å². The summed E-state index contributed by atoms with van der Waals surface area (Å²) in [5, 5.41) is 0. The smallest absolute Gasteiger partial charge is 0.233 e. The van der Waals surface area contributed by atoms with Gasteiger partial charge in [0.25, 0.3) is 0 Å². The Morgan fingerprint density at radius 3 is 2.83 bits per heavy atom. The number of benzene rings is 1. The van der Waals surface area contributed by atoms with Gasteiger partial charge >= 0.3 is 0 Å². The molecule has 6 heteroatoms. The standard InChI is InChI=1S/C18H18FN3O2/c19-14-4-2-1-3-13(14)18(5-6-18)17(23)22-9-10-24-16(12-22)15-11-20-7-8-21-15/h1-4,7-8,11,16H,5-6,9-10,12H2/t16-/m1/s1. The van der Waals surface area contributed by atoms with Crippen LogP contribution in [0.2, 0.25) is 0 Å². The van der Waals surface area contributed by atoms with Crippen LogP contribution in [0.15, 0.2) is 42.9 Å². The molecule has 1 aliphatic carbocycles. The molecule has 2 fully saturated rings. The molecule has 4 rings (SSSR count). The number of aromatic nitrogens is 2. The van der Waals surface area contributed by atoms with E-state index in [0.29, 0.717) is 43.8 Å². The number of hydrogen-bond acceptors (Lipinski definition) is 4. The molecule has 1 saturated carbocycles. The Labute approximate surface area is 139 Å². The van der Waals surface area contributed by atoms with E-state index in [9.17, 15) is 9.18 Å². The number of nitrogens with zero attached hydrogens (tertiary/aromatic N) is 3. The molecule has 1 aromatic carbocycles. The molecule has 2 aromatic rings.